The molecular formula is C10H21ClN2O. The number of morpholine rings is 1. The highest BCUT2D eigenvalue weighted by Crippen LogP contribution is 2.26. The lowest BCUT2D eigenvalue weighted by Crippen LogP contribution is -2.56. The highest BCUT2D eigenvalue weighted by atomic mass is 35.5. The molecule has 2 aliphatic heterocycles. The van der Waals surface area contributed by atoms with E-state index in [1.165, 1.54) is 25.9 Å². The first-order valence-electron chi connectivity index (χ1n) is 5.35. The van der Waals surface area contributed by atoms with Crippen LogP contribution in [0.25, 0.3) is 0 Å². The van der Waals surface area contributed by atoms with Crippen LogP contribution in [0.2, 0.25) is 0 Å². The molecule has 0 aromatic heterocycles. The SMILES string of the molecule is CC1(N2CCOCC2)CCNCC1.Cl. The zero-order valence-corrected chi connectivity index (χ0v) is 9.74. The first kappa shape index (κ1) is 12.2. The summed E-state index contributed by atoms with van der Waals surface area (Å²) in [6.45, 7) is 8.83. The van der Waals surface area contributed by atoms with Crippen molar-refractivity contribution in [3.05, 3.63) is 0 Å². The largest absolute Gasteiger partial charge is 0.379 e. The van der Waals surface area contributed by atoms with E-state index >= 15 is 0 Å². The van der Waals surface area contributed by atoms with Gasteiger partial charge in [-0.15, -0.1) is 12.4 Å². The molecule has 3 nitrogen and oxygen atoms in total. The van der Waals surface area contributed by atoms with E-state index < -0.39 is 0 Å². The Kier molecular flexibility index (Phi) is 4.64. The number of nitrogens with zero attached hydrogens (tertiary/aromatic N) is 1. The van der Waals surface area contributed by atoms with Crippen LogP contribution in [0.1, 0.15) is 19.8 Å². The van der Waals surface area contributed by atoms with Gasteiger partial charge in [-0.3, -0.25) is 4.90 Å². The minimum atomic E-state index is 0. The van der Waals surface area contributed by atoms with Gasteiger partial charge in [0.05, 0.1) is 13.2 Å². The lowest BCUT2D eigenvalue weighted by molar-refractivity contribution is -0.0269. The molecule has 0 atom stereocenters. The minimum Gasteiger partial charge on any atom is -0.379 e. The van der Waals surface area contributed by atoms with Gasteiger partial charge in [0.1, 0.15) is 0 Å². The van der Waals surface area contributed by atoms with Gasteiger partial charge in [-0.05, 0) is 32.9 Å². The van der Waals surface area contributed by atoms with Gasteiger partial charge in [0.15, 0.2) is 0 Å². The highest BCUT2D eigenvalue weighted by molar-refractivity contribution is 5.85. The van der Waals surface area contributed by atoms with Crippen molar-refractivity contribution in [1.82, 2.24) is 10.2 Å². The Bertz CT molecular complexity index is 166. The monoisotopic (exact) mass is 220 g/mol. The summed E-state index contributed by atoms with van der Waals surface area (Å²) in [5, 5.41) is 3.42. The first-order chi connectivity index (χ1) is 6.31. The molecule has 84 valence electrons. The van der Waals surface area contributed by atoms with E-state index in [4.69, 9.17) is 4.74 Å². The van der Waals surface area contributed by atoms with Gasteiger partial charge in [0.2, 0.25) is 0 Å². The molecule has 2 fully saturated rings. The summed E-state index contributed by atoms with van der Waals surface area (Å²) in [7, 11) is 0. The highest BCUT2D eigenvalue weighted by Gasteiger charge is 2.33. The predicted molar refractivity (Wildman–Crippen MR) is 60.1 cm³/mol. The van der Waals surface area contributed by atoms with Crippen molar-refractivity contribution in [2.24, 2.45) is 0 Å². The summed E-state index contributed by atoms with van der Waals surface area (Å²) in [5.74, 6) is 0. The number of hydrogen-bond acceptors (Lipinski definition) is 3. The molecule has 2 heterocycles. The molecule has 2 saturated heterocycles. The van der Waals surface area contributed by atoms with Crippen LogP contribution in [-0.4, -0.2) is 49.8 Å². The molecule has 0 aliphatic carbocycles. The molecular weight excluding hydrogens is 200 g/mol. The maximum atomic E-state index is 5.38. The fourth-order valence-electron chi connectivity index (χ4n) is 2.38. The molecule has 1 N–H and O–H groups in total. The normalized spacial score (nSPS) is 28.1. The average molecular weight is 221 g/mol. The average Bonchev–Trinajstić information content (AvgIpc) is 2.20. The molecule has 0 radical (unpaired) electrons. The number of hydrogen-bond donors (Lipinski definition) is 1. The molecule has 0 amide bonds. The third-order valence-electron chi connectivity index (χ3n) is 3.46. The molecule has 0 spiro atoms. The molecule has 0 unspecified atom stereocenters. The zero-order chi connectivity index (χ0) is 9.15. The molecule has 0 aromatic carbocycles. The second-order valence-corrected chi connectivity index (χ2v) is 4.35. The first-order valence-corrected chi connectivity index (χ1v) is 5.35. The quantitative estimate of drug-likeness (QED) is 0.710. The Morgan fingerprint density at radius 1 is 1.14 bits per heavy atom. The molecule has 0 bridgehead atoms. The van der Waals surface area contributed by atoms with E-state index in [9.17, 15) is 0 Å². The van der Waals surface area contributed by atoms with Crippen molar-refractivity contribution in [1.29, 1.82) is 0 Å². The van der Waals surface area contributed by atoms with Crippen LogP contribution >= 0.6 is 12.4 Å². The van der Waals surface area contributed by atoms with E-state index in [0.29, 0.717) is 5.54 Å². The van der Waals surface area contributed by atoms with Crippen molar-refractivity contribution >= 4 is 12.4 Å². The van der Waals surface area contributed by atoms with Crippen LogP contribution in [0.3, 0.4) is 0 Å². The Morgan fingerprint density at radius 2 is 1.71 bits per heavy atom. The van der Waals surface area contributed by atoms with E-state index in [-0.39, 0.29) is 12.4 Å². The number of halogens is 1. The van der Waals surface area contributed by atoms with Crippen LogP contribution in [0.5, 0.6) is 0 Å². The van der Waals surface area contributed by atoms with Gasteiger partial charge in [-0.2, -0.15) is 0 Å². The summed E-state index contributed by atoms with van der Waals surface area (Å²) in [6.07, 6.45) is 2.57. The zero-order valence-electron chi connectivity index (χ0n) is 8.92. The third-order valence-corrected chi connectivity index (χ3v) is 3.46. The minimum absolute atomic E-state index is 0. The lowest BCUT2D eigenvalue weighted by Gasteiger charge is -2.45. The Hall–Kier alpha value is 0.170. The second kappa shape index (κ2) is 5.31. The van der Waals surface area contributed by atoms with E-state index in [1.807, 2.05) is 0 Å². The molecule has 0 aromatic rings. The molecule has 14 heavy (non-hydrogen) atoms. The Labute approximate surface area is 92.6 Å². The van der Waals surface area contributed by atoms with E-state index in [0.717, 1.165) is 26.3 Å². The maximum Gasteiger partial charge on any atom is 0.0594 e. The summed E-state index contributed by atoms with van der Waals surface area (Å²) in [5.41, 5.74) is 0.440. The Morgan fingerprint density at radius 3 is 2.29 bits per heavy atom. The van der Waals surface area contributed by atoms with Gasteiger partial charge < -0.3 is 10.1 Å². The van der Waals surface area contributed by atoms with Gasteiger partial charge >= 0.3 is 0 Å². The standard InChI is InChI=1S/C10H20N2O.ClH/c1-10(2-4-11-5-3-10)12-6-8-13-9-7-12;/h11H,2-9H2,1H3;1H. The molecule has 2 rings (SSSR count). The van der Waals surface area contributed by atoms with Crippen molar-refractivity contribution in [3.8, 4) is 0 Å². The molecule has 0 saturated carbocycles. The van der Waals surface area contributed by atoms with Crippen LogP contribution in [0.4, 0.5) is 0 Å². The second-order valence-electron chi connectivity index (χ2n) is 4.35. The van der Waals surface area contributed by atoms with Crippen LogP contribution in [-0.2, 0) is 4.74 Å². The van der Waals surface area contributed by atoms with Crippen LogP contribution in [0.15, 0.2) is 0 Å². The maximum absolute atomic E-state index is 5.38. The fraction of sp³-hybridized carbons (Fsp3) is 1.00. The van der Waals surface area contributed by atoms with Crippen LogP contribution in [0, 0.1) is 0 Å². The van der Waals surface area contributed by atoms with Crippen molar-refractivity contribution in [3.63, 3.8) is 0 Å². The van der Waals surface area contributed by atoms with E-state index in [2.05, 4.69) is 17.1 Å². The third kappa shape index (κ3) is 2.60. The topological polar surface area (TPSA) is 24.5 Å². The van der Waals surface area contributed by atoms with Gasteiger partial charge in [-0.25, -0.2) is 0 Å². The number of rotatable bonds is 1. The van der Waals surface area contributed by atoms with Gasteiger partial charge in [0, 0.05) is 18.6 Å². The predicted octanol–water partition coefficient (Wildman–Crippen LogP) is 0.882. The molecule has 2 aliphatic rings. The smallest absolute Gasteiger partial charge is 0.0594 e. The van der Waals surface area contributed by atoms with Gasteiger partial charge in [-0.1, -0.05) is 0 Å². The van der Waals surface area contributed by atoms with E-state index in [1.54, 1.807) is 0 Å². The summed E-state index contributed by atoms with van der Waals surface area (Å²) in [6, 6.07) is 0. The number of piperidine rings is 1. The van der Waals surface area contributed by atoms with Crippen LogP contribution < -0.4 is 5.32 Å². The summed E-state index contributed by atoms with van der Waals surface area (Å²) < 4.78 is 5.38. The van der Waals surface area contributed by atoms with Gasteiger partial charge in [0.25, 0.3) is 0 Å². The fourth-order valence-corrected chi connectivity index (χ4v) is 2.38. The van der Waals surface area contributed by atoms with Crippen molar-refractivity contribution in [2.45, 2.75) is 25.3 Å². The summed E-state index contributed by atoms with van der Waals surface area (Å²) >= 11 is 0. The number of ether oxygens (including phenoxy) is 1. The molecule has 4 heteroatoms. The summed E-state index contributed by atoms with van der Waals surface area (Å²) in [4.78, 5) is 2.61. The van der Waals surface area contributed by atoms with Crippen molar-refractivity contribution in [2.75, 3.05) is 39.4 Å². The number of nitrogens with one attached hydrogen (secondary N) is 1. The lowest BCUT2D eigenvalue weighted by atomic mass is 9.88. The van der Waals surface area contributed by atoms with Crippen molar-refractivity contribution < 1.29 is 4.74 Å². The Balaban J connectivity index is 0.000000980.